The molecule has 104 valence electrons. The maximum absolute atomic E-state index is 6.09. The van der Waals surface area contributed by atoms with Gasteiger partial charge in [-0.1, -0.05) is 24.3 Å². The Morgan fingerprint density at radius 3 is 2.84 bits per heavy atom. The number of thioether (sulfide) groups is 1. The molecule has 19 heavy (non-hydrogen) atoms. The lowest BCUT2D eigenvalue weighted by Gasteiger charge is -2.24. The molecule has 0 aromatic heterocycles. The Bertz CT molecular complexity index is 428. The average Bonchev–Trinajstić information content (AvgIpc) is 2.46. The largest absolute Gasteiger partial charge is 0.492 e. The lowest BCUT2D eigenvalue weighted by molar-refractivity contribution is 0.184. The van der Waals surface area contributed by atoms with E-state index in [9.17, 15) is 0 Å². The quantitative estimate of drug-likeness (QED) is 0.900. The van der Waals surface area contributed by atoms with Crippen molar-refractivity contribution in [1.82, 2.24) is 0 Å². The summed E-state index contributed by atoms with van der Waals surface area (Å²) in [6, 6.07) is 5.97. The minimum Gasteiger partial charge on any atom is -0.492 e. The van der Waals surface area contributed by atoms with Crippen molar-refractivity contribution in [3.8, 4) is 11.5 Å². The third-order valence-electron chi connectivity index (χ3n) is 3.11. The van der Waals surface area contributed by atoms with Crippen LogP contribution < -0.4 is 15.2 Å². The second kappa shape index (κ2) is 7.46. The first-order chi connectivity index (χ1) is 9.35. The zero-order valence-corrected chi connectivity index (χ0v) is 12.1. The van der Waals surface area contributed by atoms with Crippen LogP contribution in [0.4, 0.5) is 0 Å². The van der Waals surface area contributed by atoms with Gasteiger partial charge in [0.05, 0.1) is 7.11 Å². The van der Waals surface area contributed by atoms with Gasteiger partial charge in [0.2, 0.25) is 0 Å². The molecule has 2 rings (SSSR count). The third kappa shape index (κ3) is 3.91. The van der Waals surface area contributed by atoms with Gasteiger partial charge in [-0.2, -0.15) is 11.8 Å². The Morgan fingerprint density at radius 1 is 1.37 bits per heavy atom. The van der Waals surface area contributed by atoms with Gasteiger partial charge in [0.1, 0.15) is 6.10 Å². The molecule has 1 aromatic rings. The average molecular weight is 279 g/mol. The second-order valence-electron chi connectivity index (χ2n) is 4.45. The van der Waals surface area contributed by atoms with Crippen LogP contribution in [-0.2, 0) is 0 Å². The molecule has 0 aliphatic carbocycles. The van der Waals surface area contributed by atoms with E-state index < -0.39 is 0 Å². The summed E-state index contributed by atoms with van der Waals surface area (Å²) in [5, 5.41) is 0. The number of rotatable bonds is 5. The van der Waals surface area contributed by atoms with E-state index in [1.807, 2.05) is 42.1 Å². The number of nitrogens with two attached hydrogens (primary N) is 1. The third-order valence-corrected chi connectivity index (χ3v) is 4.16. The van der Waals surface area contributed by atoms with Crippen LogP contribution in [0.15, 0.2) is 24.3 Å². The molecule has 0 amide bonds. The molecule has 0 spiro atoms. The van der Waals surface area contributed by atoms with Crippen LogP contribution in [0.5, 0.6) is 11.5 Å². The maximum atomic E-state index is 6.09. The predicted molar refractivity (Wildman–Crippen MR) is 82.1 cm³/mol. The van der Waals surface area contributed by atoms with Gasteiger partial charge in [-0.15, -0.1) is 0 Å². The Balaban J connectivity index is 2.16. The molecule has 0 saturated carbocycles. The summed E-state index contributed by atoms with van der Waals surface area (Å²) in [5.74, 6) is 3.99. The van der Waals surface area contributed by atoms with Crippen molar-refractivity contribution in [3.63, 3.8) is 0 Å². The molecule has 1 aliphatic rings. The van der Waals surface area contributed by atoms with Gasteiger partial charge in [0.25, 0.3) is 0 Å². The van der Waals surface area contributed by atoms with Crippen LogP contribution in [0, 0.1) is 0 Å². The normalized spacial score (nSPS) is 16.7. The number of hydrogen-bond donors (Lipinski definition) is 1. The SMILES string of the molecule is COc1c(/C=C/CN)cccc1OC1CCSCC1. The number of para-hydroxylation sites is 1. The van der Waals surface area contributed by atoms with Gasteiger partial charge in [0, 0.05) is 12.1 Å². The number of methoxy groups -OCH3 is 1. The second-order valence-corrected chi connectivity index (χ2v) is 5.67. The van der Waals surface area contributed by atoms with Gasteiger partial charge >= 0.3 is 0 Å². The fourth-order valence-electron chi connectivity index (χ4n) is 2.14. The van der Waals surface area contributed by atoms with Crippen molar-refractivity contribution >= 4 is 17.8 Å². The van der Waals surface area contributed by atoms with Crippen LogP contribution in [0.1, 0.15) is 18.4 Å². The highest BCUT2D eigenvalue weighted by molar-refractivity contribution is 7.99. The standard InChI is InChI=1S/C15H21NO2S/c1-17-15-12(5-3-9-16)4-2-6-14(15)18-13-7-10-19-11-8-13/h2-6,13H,7-11,16H2,1H3/b5-3+. The Morgan fingerprint density at radius 2 is 2.16 bits per heavy atom. The first-order valence-electron chi connectivity index (χ1n) is 6.63. The maximum Gasteiger partial charge on any atom is 0.167 e. The van der Waals surface area contributed by atoms with Crippen molar-refractivity contribution in [2.75, 3.05) is 25.2 Å². The van der Waals surface area contributed by atoms with E-state index in [1.165, 1.54) is 11.5 Å². The fraction of sp³-hybridized carbons (Fsp3) is 0.467. The van der Waals surface area contributed by atoms with Crippen LogP contribution in [-0.4, -0.2) is 31.3 Å². The summed E-state index contributed by atoms with van der Waals surface area (Å²) in [6.45, 7) is 0.522. The zero-order chi connectivity index (χ0) is 13.5. The summed E-state index contributed by atoms with van der Waals surface area (Å²) >= 11 is 2.00. The molecule has 4 heteroatoms. The van der Waals surface area contributed by atoms with E-state index in [0.717, 1.165) is 29.9 Å². The van der Waals surface area contributed by atoms with E-state index in [4.69, 9.17) is 15.2 Å². The van der Waals surface area contributed by atoms with Crippen molar-refractivity contribution in [3.05, 3.63) is 29.8 Å². The summed E-state index contributed by atoms with van der Waals surface area (Å²) in [7, 11) is 1.68. The summed E-state index contributed by atoms with van der Waals surface area (Å²) in [5.41, 5.74) is 6.50. The molecule has 0 atom stereocenters. The first-order valence-corrected chi connectivity index (χ1v) is 7.78. The molecule has 0 radical (unpaired) electrons. The van der Waals surface area contributed by atoms with Gasteiger partial charge in [0.15, 0.2) is 11.5 Å². The highest BCUT2D eigenvalue weighted by atomic mass is 32.2. The minimum atomic E-state index is 0.309. The highest BCUT2D eigenvalue weighted by Crippen LogP contribution is 2.34. The molecule has 0 bridgehead atoms. The molecule has 2 N–H and O–H groups in total. The summed E-state index contributed by atoms with van der Waals surface area (Å²) in [6.07, 6.45) is 6.41. The lowest BCUT2D eigenvalue weighted by atomic mass is 10.1. The van der Waals surface area contributed by atoms with Gasteiger partial charge in [-0.25, -0.2) is 0 Å². The Labute approximate surface area is 119 Å². The van der Waals surface area contributed by atoms with Crippen LogP contribution in [0.25, 0.3) is 6.08 Å². The molecular formula is C15H21NO2S. The van der Waals surface area contributed by atoms with Crippen molar-refractivity contribution in [2.24, 2.45) is 5.73 Å². The van der Waals surface area contributed by atoms with Crippen molar-refractivity contribution in [1.29, 1.82) is 0 Å². The van der Waals surface area contributed by atoms with E-state index in [1.54, 1.807) is 7.11 Å². The van der Waals surface area contributed by atoms with Crippen LogP contribution >= 0.6 is 11.8 Å². The van der Waals surface area contributed by atoms with Crippen LogP contribution in [0.3, 0.4) is 0 Å². The molecule has 3 nitrogen and oxygen atoms in total. The van der Waals surface area contributed by atoms with Crippen molar-refractivity contribution < 1.29 is 9.47 Å². The van der Waals surface area contributed by atoms with Gasteiger partial charge in [-0.3, -0.25) is 0 Å². The van der Waals surface area contributed by atoms with E-state index in [2.05, 4.69) is 0 Å². The molecule has 1 heterocycles. The van der Waals surface area contributed by atoms with Crippen molar-refractivity contribution in [2.45, 2.75) is 18.9 Å². The zero-order valence-electron chi connectivity index (χ0n) is 11.3. The van der Waals surface area contributed by atoms with Gasteiger partial charge in [-0.05, 0) is 30.4 Å². The monoisotopic (exact) mass is 279 g/mol. The highest BCUT2D eigenvalue weighted by Gasteiger charge is 2.17. The molecular weight excluding hydrogens is 258 g/mol. The van der Waals surface area contributed by atoms with Crippen LogP contribution in [0.2, 0.25) is 0 Å². The van der Waals surface area contributed by atoms with E-state index in [-0.39, 0.29) is 0 Å². The summed E-state index contributed by atoms with van der Waals surface area (Å²) < 4.78 is 11.6. The van der Waals surface area contributed by atoms with E-state index >= 15 is 0 Å². The molecule has 1 saturated heterocycles. The number of ether oxygens (including phenoxy) is 2. The molecule has 1 aliphatic heterocycles. The smallest absolute Gasteiger partial charge is 0.167 e. The fourth-order valence-corrected chi connectivity index (χ4v) is 3.21. The first kappa shape index (κ1) is 14.3. The number of benzene rings is 1. The topological polar surface area (TPSA) is 44.5 Å². The molecule has 0 unspecified atom stereocenters. The molecule has 1 fully saturated rings. The number of hydrogen-bond acceptors (Lipinski definition) is 4. The van der Waals surface area contributed by atoms with E-state index in [0.29, 0.717) is 12.6 Å². The Hall–Kier alpha value is -1.13. The minimum absolute atomic E-state index is 0.309. The Kier molecular flexibility index (Phi) is 5.61. The predicted octanol–water partition coefficient (Wildman–Crippen LogP) is 2.94. The lowest BCUT2D eigenvalue weighted by Crippen LogP contribution is -2.22. The van der Waals surface area contributed by atoms with Gasteiger partial charge < -0.3 is 15.2 Å². The molecule has 1 aromatic carbocycles. The summed E-state index contributed by atoms with van der Waals surface area (Å²) in [4.78, 5) is 0.